The Kier molecular flexibility index (Phi) is 9.57. The summed E-state index contributed by atoms with van der Waals surface area (Å²) < 4.78 is 35.4. The summed E-state index contributed by atoms with van der Waals surface area (Å²) in [5.41, 5.74) is 8.69. The van der Waals surface area contributed by atoms with Crippen LogP contribution in [0.15, 0.2) is 65.7 Å². The van der Waals surface area contributed by atoms with Crippen molar-refractivity contribution in [3.05, 3.63) is 93.2 Å². The lowest BCUT2D eigenvalue weighted by molar-refractivity contribution is -0.136. The molecule has 3 heterocycles. The van der Waals surface area contributed by atoms with Crippen LogP contribution in [0.4, 0.5) is 0 Å². The van der Waals surface area contributed by atoms with Crippen LogP contribution in [0.2, 0.25) is 10.0 Å². The van der Waals surface area contributed by atoms with Crippen molar-refractivity contribution in [2.45, 2.75) is 37.3 Å². The van der Waals surface area contributed by atoms with Crippen molar-refractivity contribution < 1.29 is 22.7 Å². The first-order chi connectivity index (χ1) is 23.0. The number of benzene rings is 3. The van der Waals surface area contributed by atoms with Gasteiger partial charge in [0.25, 0.3) is 5.91 Å². The van der Waals surface area contributed by atoms with Gasteiger partial charge in [-0.25, -0.2) is 13.4 Å². The third-order valence-corrected chi connectivity index (χ3v) is 11.4. The molecular weight excluding hydrogens is 677 g/mol. The van der Waals surface area contributed by atoms with Gasteiger partial charge in [-0.05, 0) is 56.2 Å². The van der Waals surface area contributed by atoms with Gasteiger partial charge in [0.1, 0.15) is 34.6 Å². The summed E-state index contributed by atoms with van der Waals surface area (Å²) in [6.07, 6.45) is 2.53. The number of nitrogens with zero attached hydrogens (tertiary/aromatic N) is 5. The Labute approximate surface area is 288 Å². The normalized spacial score (nSPS) is 17.1. The number of sulfonamides is 1. The first kappa shape index (κ1) is 33.6. The van der Waals surface area contributed by atoms with E-state index >= 15 is 0 Å². The van der Waals surface area contributed by atoms with E-state index in [-0.39, 0.29) is 64.4 Å². The number of fused-ring (bicyclic) bond motifs is 1. The Hall–Kier alpha value is -4.30. The summed E-state index contributed by atoms with van der Waals surface area (Å²) in [5.74, 6) is -0.139. The number of carbonyl (C=O) groups is 2. The van der Waals surface area contributed by atoms with E-state index in [0.29, 0.717) is 59.5 Å². The number of hydrogen-bond donors (Lipinski definition) is 2. The number of amides is 2. The molecule has 0 aliphatic carbocycles. The van der Waals surface area contributed by atoms with E-state index < -0.39 is 16.1 Å². The van der Waals surface area contributed by atoms with Gasteiger partial charge in [0.15, 0.2) is 0 Å². The number of rotatable bonds is 8. The molecule has 1 atom stereocenters. The topological polar surface area (TPSA) is 163 Å². The highest BCUT2D eigenvalue weighted by Crippen LogP contribution is 2.37. The number of aryl methyl sites for hydroxylation is 1. The number of nitrogens with one attached hydrogen (secondary N) is 1. The molecule has 15 heteroatoms. The molecule has 1 aromatic heterocycles. The summed E-state index contributed by atoms with van der Waals surface area (Å²) in [4.78, 5) is 38.8. The van der Waals surface area contributed by atoms with E-state index in [1.54, 1.807) is 52.4 Å². The predicted molar refractivity (Wildman–Crippen MR) is 182 cm³/mol. The van der Waals surface area contributed by atoms with Gasteiger partial charge in [-0.3, -0.25) is 20.0 Å². The van der Waals surface area contributed by atoms with Gasteiger partial charge in [0.05, 0.1) is 16.2 Å². The van der Waals surface area contributed by atoms with Crippen LogP contribution in [0, 0.1) is 12.3 Å². The fourth-order valence-electron chi connectivity index (χ4n) is 5.99. The number of amidine groups is 1. The minimum absolute atomic E-state index is 0.0773. The molecule has 0 radical (unpaired) electrons. The van der Waals surface area contributed by atoms with Crippen molar-refractivity contribution >= 4 is 61.9 Å². The fraction of sp³-hybridized carbons (Fsp3) is 0.303. The second-order valence-electron chi connectivity index (χ2n) is 11.6. The van der Waals surface area contributed by atoms with Gasteiger partial charge < -0.3 is 20.3 Å². The molecule has 0 bridgehead atoms. The average molecular weight is 711 g/mol. The highest BCUT2D eigenvalue weighted by molar-refractivity contribution is 7.89. The van der Waals surface area contributed by atoms with Gasteiger partial charge in [0.2, 0.25) is 15.9 Å². The van der Waals surface area contributed by atoms with Gasteiger partial charge in [-0.1, -0.05) is 41.4 Å². The maximum absolute atomic E-state index is 14.1. The average Bonchev–Trinajstić information content (AvgIpc) is 3.59. The van der Waals surface area contributed by atoms with Crippen molar-refractivity contribution in [3.8, 4) is 5.75 Å². The quantitative estimate of drug-likeness (QED) is 0.203. The molecule has 12 nitrogen and oxygen atoms in total. The molecular formula is C33H33Cl2N7O5S. The molecule has 6 rings (SSSR count). The Morgan fingerprint density at radius 1 is 0.979 bits per heavy atom. The van der Waals surface area contributed by atoms with Gasteiger partial charge in [0, 0.05) is 60.6 Å². The molecule has 48 heavy (non-hydrogen) atoms. The number of hydrogen-bond acceptors (Lipinski definition) is 8. The van der Waals surface area contributed by atoms with E-state index in [0.717, 1.165) is 0 Å². The van der Waals surface area contributed by atoms with Crippen LogP contribution in [0.1, 0.15) is 40.0 Å². The lowest BCUT2D eigenvalue weighted by Crippen LogP contribution is -2.55. The van der Waals surface area contributed by atoms with Crippen molar-refractivity contribution in [1.82, 2.24) is 24.1 Å². The smallest absolute Gasteiger partial charge is 0.253 e. The molecule has 4 aromatic rings. The number of halogens is 2. The molecule has 2 aliphatic rings. The number of piperazine rings is 1. The van der Waals surface area contributed by atoms with Gasteiger partial charge in [-0.15, -0.1) is 0 Å². The van der Waals surface area contributed by atoms with Crippen molar-refractivity contribution in [2.24, 2.45) is 5.73 Å². The van der Waals surface area contributed by atoms with Crippen molar-refractivity contribution in [1.29, 1.82) is 5.41 Å². The molecule has 250 valence electrons. The Morgan fingerprint density at radius 2 is 1.67 bits per heavy atom. The van der Waals surface area contributed by atoms with E-state index in [2.05, 4.69) is 9.97 Å². The molecule has 2 aliphatic heterocycles. The van der Waals surface area contributed by atoms with Crippen LogP contribution in [0.25, 0.3) is 11.0 Å². The van der Waals surface area contributed by atoms with Crippen molar-refractivity contribution in [2.75, 3.05) is 32.7 Å². The first-order valence-electron chi connectivity index (χ1n) is 15.3. The monoisotopic (exact) mass is 709 g/mol. The molecule has 3 N–H and O–H groups in total. The van der Waals surface area contributed by atoms with E-state index in [9.17, 15) is 18.0 Å². The van der Waals surface area contributed by atoms with Crippen LogP contribution in [-0.2, 0) is 21.4 Å². The lowest BCUT2D eigenvalue weighted by atomic mass is 10.1. The summed E-state index contributed by atoms with van der Waals surface area (Å²) >= 11 is 13.2. The Balaban J connectivity index is 1.15. The highest BCUT2D eigenvalue weighted by Gasteiger charge is 2.43. The van der Waals surface area contributed by atoms with Crippen LogP contribution in [0.3, 0.4) is 0 Å². The first-order valence-corrected chi connectivity index (χ1v) is 17.5. The third-order valence-electron chi connectivity index (χ3n) is 8.58. The molecule has 2 saturated heterocycles. The van der Waals surface area contributed by atoms with Crippen LogP contribution in [-0.4, -0.2) is 88.9 Å². The zero-order valence-electron chi connectivity index (χ0n) is 26.0. The molecule has 2 amide bonds. The standard InChI is InChI=1S/C33H33Cl2N7O5S/c1-20-18-38-25-4-2-6-27(30(25)39-20)47-19-23-24(34)11-12-28(29(23)35)48(45,46)42-13-3-5-26(42)33(44)41-16-14-40(15-17-41)32(43)22-9-7-21(8-10-22)31(36)37/h2,4,6-12,18,26H,3,5,13-17,19H2,1H3,(H3,36,37)/t26-/m0/s1. The number of carbonyl (C=O) groups excluding carboxylic acids is 2. The zero-order chi connectivity index (χ0) is 34.2. The maximum atomic E-state index is 14.1. The van der Waals surface area contributed by atoms with Crippen LogP contribution in [0.5, 0.6) is 5.75 Å². The maximum Gasteiger partial charge on any atom is 0.253 e. The summed E-state index contributed by atoms with van der Waals surface area (Å²) in [7, 11) is -4.21. The fourth-order valence-corrected chi connectivity index (χ4v) is 8.50. The minimum Gasteiger partial charge on any atom is -0.486 e. The Morgan fingerprint density at radius 3 is 2.38 bits per heavy atom. The van der Waals surface area contributed by atoms with Crippen LogP contribution >= 0.6 is 23.2 Å². The molecule has 0 unspecified atom stereocenters. The number of nitrogen functional groups attached to an aromatic ring is 1. The third kappa shape index (κ3) is 6.55. The zero-order valence-corrected chi connectivity index (χ0v) is 28.4. The number of nitrogens with two attached hydrogens (primary N) is 1. The van der Waals surface area contributed by atoms with E-state index in [4.69, 9.17) is 39.1 Å². The van der Waals surface area contributed by atoms with Crippen LogP contribution < -0.4 is 10.5 Å². The number of ether oxygens (including phenoxy) is 1. The summed E-state index contributed by atoms with van der Waals surface area (Å²) in [6, 6.07) is 13.7. The number of aromatic nitrogens is 2. The second kappa shape index (κ2) is 13.7. The summed E-state index contributed by atoms with van der Waals surface area (Å²) in [6.45, 7) is 2.99. The van der Waals surface area contributed by atoms with E-state index in [1.807, 2.05) is 13.0 Å². The molecule has 0 spiro atoms. The Bertz CT molecular complexity index is 2020. The molecule has 2 fully saturated rings. The van der Waals surface area contributed by atoms with Crippen molar-refractivity contribution in [3.63, 3.8) is 0 Å². The predicted octanol–water partition coefficient (Wildman–Crippen LogP) is 4.25. The highest BCUT2D eigenvalue weighted by atomic mass is 35.5. The molecule has 3 aromatic carbocycles. The number of para-hydroxylation sites is 1. The lowest BCUT2D eigenvalue weighted by Gasteiger charge is -2.37. The SMILES string of the molecule is Cc1cnc2cccc(OCc3c(Cl)ccc(S(=O)(=O)N4CCC[C@H]4C(=O)N4CCN(C(=O)c5ccc(C(=N)N)cc5)CC4)c3Cl)c2n1. The molecule has 0 saturated carbocycles. The van der Waals surface area contributed by atoms with Gasteiger partial charge >= 0.3 is 0 Å². The minimum atomic E-state index is -4.21. The van der Waals surface area contributed by atoms with Gasteiger partial charge in [-0.2, -0.15) is 4.31 Å². The largest absolute Gasteiger partial charge is 0.486 e. The van der Waals surface area contributed by atoms with E-state index in [1.165, 1.54) is 16.4 Å². The summed E-state index contributed by atoms with van der Waals surface area (Å²) in [5, 5.41) is 7.69. The second-order valence-corrected chi connectivity index (χ2v) is 14.3.